The Bertz CT molecular complexity index is 1340. The number of amides is 1. The molecular formula is C28H31N5O2. The number of benzene rings is 2. The molecule has 7 nitrogen and oxygen atoms in total. The van der Waals surface area contributed by atoms with E-state index in [2.05, 4.69) is 44.9 Å². The summed E-state index contributed by atoms with van der Waals surface area (Å²) in [6.45, 7) is 3.19. The molecule has 0 atom stereocenters. The average molecular weight is 470 g/mol. The van der Waals surface area contributed by atoms with Gasteiger partial charge in [-0.25, -0.2) is 0 Å². The van der Waals surface area contributed by atoms with Crippen LogP contribution in [-0.4, -0.2) is 58.2 Å². The van der Waals surface area contributed by atoms with Crippen molar-refractivity contribution in [2.75, 3.05) is 27.7 Å². The molecular weight excluding hydrogens is 438 g/mol. The first-order valence-electron chi connectivity index (χ1n) is 12.0. The number of hydrogen-bond acceptors (Lipinski definition) is 5. The maximum absolute atomic E-state index is 13.0. The smallest absolute Gasteiger partial charge is 0.274 e. The summed E-state index contributed by atoms with van der Waals surface area (Å²) in [5.74, 6) is 0.812. The normalized spacial score (nSPS) is 13.6. The average Bonchev–Trinajstić information content (AvgIpc) is 3.25. The van der Waals surface area contributed by atoms with Crippen LogP contribution in [0.25, 0.3) is 10.9 Å². The molecule has 3 heterocycles. The Labute approximate surface area is 205 Å². The van der Waals surface area contributed by atoms with Gasteiger partial charge in [-0.05, 0) is 41.8 Å². The summed E-state index contributed by atoms with van der Waals surface area (Å²) in [6.07, 6.45) is 3.60. The third-order valence-corrected chi connectivity index (χ3v) is 6.73. The molecule has 5 rings (SSSR count). The van der Waals surface area contributed by atoms with Crippen LogP contribution in [0.5, 0.6) is 5.75 Å². The molecule has 180 valence electrons. The molecule has 2 aromatic carbocycles. The highest BCUT2D eigenvalue weighted by Gasteiger charge is 2.29. The van der Waals surface area contributed by atoms with Crippen LogP contribution in [0, 0.1) is 0 Å². The van der Waals surface area contributed by atoms with Crippen molar-refractivity contribution in [3.05, 3.63) is 88.9 Å². The van der Waals surface area contributed by atoms with Crippen LogP contribution < -0.4 is 4.74 Å². The third kappa shape index (κ3) is 4.77. The van der Waals surface area contributed by atoms with Gasteiger partial charge in [-0.3, -0.25) is 19.4 Å². The van der Waals surface area contributed by atoms with Crippen LogP contribution in [0.1, 0.15) is 32.9 Å². The minimum Gasteiger partial charge on any atom is -0.497 e. The maximum atomic E-state index is 13.0. The van der Waals surface area contributed by atoms with E-state index in [0.29, 0.717) is 12.2 Å². The molecule has 1 aliphatic heterocycles. The number of methoxy groups -OCH3 is 1. The lowest BCUT2D eigenvalue weighted by molar-refractivity contribution is 0.0818. The SMILES string of the molecule is COc1ccc(CCn2nc(C(=O)N(C)C)c3c2CCN(Cc2ccnc4ccccc24)C3)cc1. The minimum atomic E-state index is -0.0411. The Kier molecular flexibility index (Phi) is 6.51. The predicted octanol–water partition coefficient (Wildman–Crippen LogP) is 3.94. The Hall–Kier alpha value is -3.71. The summed E-state index contributed by atoms with van der Waals surface area (Å²) >= 11 is 0. The van der Waals surface area contributed by atoms with E-state index < -0.39 is 0 Å². The molecule has 0 spiro atoms. The Balaban J connectivity index is 1.39. The number of nitrogens with zero attached hydrogens (tertiary/aromatic N) is 5. The monoisotopic (exact) mass is 469 g/mol. The van der Waals surface area contributed by atoms with E-state index in [9.17, 15) is 4.79 Å². The van der Waals surface area contributed by atoms with E-state index in [1.165, 1.54) is 22.2 Å². The van der Waals surface area contributed by atoms with E-state index in [0.717, 1.165) is 49.3 Å². The van der Waals surface area contributed by atoms with Gasteiger partial charge in [0.2, 0.25) is 0 Å². The van der Waals surface area contributed by atoms with E-state index in [1.807, 2.05) is 30.5 Å². The second-order valence-electron chi connectivity index (χ2n) is 9.24. The van der Waals surface area contributed by atoms with Crippen molar-refractivity contribution in [2.45, 2.75) is 32.5 Å². The number of fused-ring (bicyclic) bond motifs is 2. The van der Waals surface area contributed by atoms with E-state index in [1.54, 1.807) is 26.1 Å². The fraction of sp³-hybridized carbons (Fsp3) is 0.321. The Morgan fingerprint density at radius 1 is 1.09 bits per heavy atom. The summed E-state index contributed by atoms with van der Waals surface area (Å²) in [6, 6.07) is 18.5. The zero-order valence-corrected chi connectivity index (χ0v) is 20.6. The highest BCUT2D eigenvalue weighted by Crippen LogP contribution is 2.27. The van der Waals surface area contributed by atoms with Crippen molar-refractivity contribution in [3.8, 4) is 5.75 Å². The van der Waals surface area contributed by atoms with Crippen molar-refractivity contribution in [2.24, 2.45) is 0 Å². The first-order valence-corrected chi connectivity index (χ1v) is 12.0. The summed E-state index contributed by atoms with van der Waals surface area (Å²) in [5.41, 5.74) is 6.30. The van der Waals surface area contributed by atoms with Gasteiger partial charge in [-0.15, -0.1) is 0 Å². The molecule has 0 saturated carbocycles. The van der Waals surface area contributed by atoms with Crippen LogP contribution in [0.2, 0.25) is 0 Å². The highest BCUT2D eigenvalue weighted by atomic mass is 16.5. The Morgan fingerprint density at radius 2 is 1.89 bits per heavy atom. The lowest BCUT2D eigenvalue weighted by atomic mass is 10.0. The first-order chi connectivity index (χ1) is 17.0. The first kappa shape index (κ1) is 23.1. The fourth-order valence-electron chi connectivity index (χ4n) is 4.81. The molecule has 4 aromatic rings. The number of pyridine rings is 1. The van der Waals surface area contributed by atoms with Gasteiger partial charge in [-0.2, -0.15) is 5.10 Å². The zero-order valence-electron chi connectivity index (χ0n) is 20.6. The summed E-state index contributed by atoms with van der Waals surface area (Å²) in [7, 11) is 5.25. The van der Waals surface area contributed by atoms with E-state index in [-0.39, 0.29) is 5.91 Å². The Morgan fingerprint density at radius 3 is 2.66 bits per heavy atom. The number of ether oxygens (including phenoxy) is 1. The van der Waals surface area contributed by atoms with Gasteiger partial charge in [0.15, 0.2) is 5.69 Å². The van der Waals surface area contributed by atoms with Crippen LogP contribution in [0.15, 0.2) is 60.8 Å². The number of aromatic nitrogens is 3. The topological polar surface area (TPSA) is 63.5 Å². The van der Waals surface area contributed by atoms with Crippen molar-refractivity contribution < 1.29 is 9.53 Å². The number of carbonyl (C=O) groups excluding carboxylic acids is 1. The molecule has 2 aromatic heterocycles. The molecule has 0 N–H and O–H groups in total. The van der Waals surface area contributed by atoms with Crippen molar-refractivity contribution in [1.29, 1.82) is 0 Å². The summed E-state index contributed by atoms with van der Waals surface area (Å²) in [5, 5.41) is 6.00. The van der Waals surface area contributed by atoms with Crippen LogP contribution >= 0.6 is 0 Å². The summed E-state index contributed by atoms with van der Waals surface area (Å²) < 4.78 is 7.32. The van der Waals surface area contributed by atoms with Gasteiger partial charge in [0, 0.05) is 69.5 Å². The van der Waals surface area contributed by atoms with Gasteiger partial charge < -0.3 is 9.64 Å². The lowest BCUT2D eigenvalue weighted by Gasteiger charge is -2.28. The lowest BCUT2D eigenvalue weighted by Crippen LogP contribution is -2.32. The number of aryl methyl sites for hydroxylation is 2. The van der Waals surface area contributed by atoms with E-state index >= 15 is 0 Å². The molecule has 0 radical (unpaired) electrons. The minimum absolute atomic E-state index is 0.0411. The van der Waals surface area contributed by atoms with Crippen molar-refractivity contribution >= 4 is 16.8 Å². The number of para-hydroxylation sites is 1. The summed E-state index contributed by atoms with van der Waals surface area (Å²) in [4.78, 5) is 21.5. The molecule has 0 unspecified atom stereocenters. The molecule has 0 bridgehead atoms. The maximum Gasteiger partial charge on any atom is 0.274 e. The largest absolute Gasteiger partial charge is 0.497 e. The number of rotatable bonds is 7. The molecule has 35 heavy (non-hydrogen) atoms. The van der Waals surface area contributed by atoms with Crippen LogP contribution in [0.4, 0.5) is 0 Å². The quantitative estimate of drug-likeness (QED) is 0.410. The standard InChI is InChI=1S/C28H31N5O2/c1-31(2)28(34)27-24-19-32(18-21-12-15-29-25-7-5-4-6-23(21)25)16-14-26(24)33(30-27)17-13-20-8-10-22(35-3)11-9-20/h4-12,15H,13-14,16-19H2,1-3H3. The fourth-order valence-corrected chi connectivity index (χ4v) is 4.81. The van der Waals surface area contributed by atoms with Gasteiger partial charge in [-0.1, -0.05) is 30.3 Å². The molecule has 7 heteroatoms. The number of carbonyl (C=O) groups is 1. The van der Waals surface area contributed by atoms with Gasteiger partial charge in [0.1, 0.15) is 5.75 Å². The predicted molar refractivity (Wildman–Crippen MR) is 137 cm³/mol. The highest BCUT2D eigenvalue weighted by molar-refractivity contribution is 5.93. The van der Waals surface area contributed by atoms with E-state index in [4.69, 9.17) is 9.84 Å². The molecule has 1 aliphatic rings. The van der Waals surface area contributed by atoms with Crippen LogP contribution in [-0.2, 0) is 32.5 Å². The van der Waals surface area contributed by atoms with Gasteiger partial charge >= 0.3 is 0 Å². The van der Waals surface area contributed by atoms with Crippen molar-refractivity contribution in [1.82, 2.24) is 24.6 Å². The van der Waals surface area contributed by atoms with Gasteiger partial charge in [0.25, 0.3) is 5.91 Å². The second kappa shape index (κ2) is 9.88. The van der Waals surface area contributed by atoms with Gasteiger partial charge in [0.05, 0.1) is 12.6 Å². The zero-order chi connectivity index (χ0) is 24.4. The second-order valence-corrected chi connectivity index (χ2v) is 9.24. The van der Waals surface area contributed by atoms with Crippen LogP contribution in [0.3, 0.4) is 0 Å². The molecule has 0 fully saturated rings. The third-order valence-electron chi connectivity index (χ3n) is 6.73. The molecule has 0 saturated heterocycles. The molecule has 0 aliphatic carbocycles. The van der Waals surface area contributed by atoms with Crippen molar-refractivity contribution in [3.63, 3.8) is 0 Å². The number of hydrogen-bond donors (Lipinski definition) is 0. The molecule has 1 amide bonds.